The molecule has 0 aliphatic rings. The van der Waals surface area contributed by atoms with Crippen molar-refractivity contribution in [3.63, 3.8) is 0 Å². The van der Waals surface area contributed by atoms with Crippen LogP contribution in [0.3, 0.4) is 0 Å². The monoisotopic (exact) mass is 141 g/mol. The first-order valence-corrected chi connectivity index (χ1v) is 2.71. The Labute approximate surface area is 57.0 Å². The molecule has 6 heteroatoms. The molecular weight excluding hydrogens is 134 g/mol. The number of carbonyl (C=O) groups is 1. The Morgan fingerprint density at radius 2 is 2.50 bits per heavy atom. The quantitative estimate of drug-likeness (QED) is 0.499. The van der Waals surface area contributed by atoms with Crippen molar-refractivity contribution in [3.05, 3.63) is 5.82 Å². The van der Waals surface area contributed by atoms with Crippen molar-refractivity contribution < 1.29 is 4.79 Å². The molecule has 0 fully saturated rings. The summed E-state index contributed by atoms with van der Waals surface area (Å²) in [4.78, 5) is 11.9. The van der Waals surface area contributed by atoms with Crippen LogP contribution in [0.5, 0.6) is 0 Å². The lowest BCUT2D eigenvalue weighted by atomic mass is 10.4. The number of tetrazole rings is 1. The van der Waals surface area contributed by atoms with Crippen LogP contribution in [0.15, 0.2) is 0 Å². The topological polar surface area (TPSA) is 86.7 Å². The molecule has 0 radical (unpaired) electrons. The van der Waals surface area contributed by atoms with Crippen LogP contribution in [0.2, 0.25) is 0 Å². The highest BCUT2D eigenvalue weighted by Crippen LogP contribution is 1.83. The second-order valence-electron chi connectivity index (χ2n) is 1.73. The smallest absolute Gasteiger partial charge is 0.241 e. The molecule has 0 aliphatic heterocycles. The Morgan fingerprint density at radius 1 is 1.80 bits per heavy atom. The first-order chi connectivity index (χ1) is 4.74. The van der Waals surface area contributed by atoms with Gasteiger partial charge in [-0.3, -0.25) is 4.79 Å². The third-order valence-electron chi connectivity index (χ3n) is 0.943. The summed E-state index contributed by atoms with van der Waals surface area (Å²) < 4.78 is 0. The van der Waals surface area contributed by atoms with Gasteiger partial charge in [-0.05, 0) is 5.21 Å². The largest absolute Gasteiger partial charge is 0.324 e. The maximum Gasteiger partial charge on any atom is 0.241 e. The van der Waals surface area contributed by atoms with E-state index in [1.54, 1.807) is 7.05 Å². The third kappa shape index (κ3) is 1.16. The second-order valence-corrected chi connectivity index (χ2v) is 1.73. The van der Waals surface area contributed by atoms with Crippen molar-refractivity contribution in [2.75, 3.05) is 6.54 Å². The maximum atomic E-state index is 10.7. The molecule has 1 aromatic heterocycles. The van der Waals surface area contributed by atoms with Crippen molar-refractivity contribution in [2.45, 2.75) is 0 Å². The molecule has 0 atom stereocenters. The zero-order valence-electron chi connectivity index (χ0n) is 5.48. The molecule has 0 bridgehead atoms. The van der Waals surface area contributed by atoms with E-state index in [2.05, 4.69) is 15.4 Å². The fraction of sp³-hybridized carbons (Fsp3) is 0.500. The summed E-state index contributed by atoms with van der Waals surface area (Å²) in [6, 6.07) is 0. The average Bonchev–Trinajstić information content (AvgIpc) is 2.34. The van der Waals surface area contributed by atoms with E-state index in [0.29, 0.717) is 0 Å². The fourth-order valence-corrected chi connectivity index (χ4v) is 0.487. The van der Waals surface area contributed by atoms with E-state index in [0.717, 1.165) is 0 Å². The van der Waals surface area contributed by atoms with Crippen molar-refractivity contribution in [2.24, 2.45) is 12.8 Å². The van der Waals surface area contributed by atoms with Gasteiger partial charge in [-0.25, -0.2) is 0 Å². The van der Waals surface area contributed by atoms with E-state index < -0.39 is 0 Å². The first-order valence-electron chi connectivity index (χ1n) is 2.71. The minimum atomic E-state index is -0.298. The van der Waals surface area contributed by atoms with Crippen LogP contribution in [0.25, 0.3) is 0 Å². The number of carbonyl (C=O) groups excluding carboxylic acids is 1. The minimum absolute atomic E-state index is 0.0741. The van der Waals surface area contributed by atoms with Crippen molar-refractivity contribution >= 4 is 5.78 Å². The predicted molar refractivity (Wildman–Crippen MR) is 32.2 cm³/mol. The maximum absolute atomic E-state index is 10.7. The van der Waals surface area contributed by atoms with Gasteiger partial charge in [0.1, 0.15) is 0 Å². The number of rotatable bonds is 2. The standard InChI is InChI=1S/C4H7N5O/c1-9-7-4(6-8-9)3(10)2-5/h2,5H2,1H3. The molecule has 0 aromatic carbocycles. The third-order valence-corrected chi connectivity index (χ3v) is 0.943. The normalized spacial score (nSPS) is 9.80. The van der Waals surface area contributed by atoms with Crippen LogP contribution in [0, 0.1) is 0 Å². The number of nitrogens with two attached hydrogens (primary N) is 1. The van der Waals surface area contributed by atoms with Crippen LogP contribution < -0.4 is 5.73 Å². The van der Waals surface area contributed by atoms with Crippen molar-refractivity contribution in [1.82, 2.24) is 20.2 Å². The molecule has 6 nitrogen and oxygen atoms in total. The molecule has 0 aliphatic carbocycles. The molecule has 1 rings (SSSR count). The zero-order chi connectivity index (χ0) is 7.56. The zero-order valence-corrected chi connectivity index (χ0v) is 5.48. The Balaban J connectivity index is 2.85. The van der Waals surface area contributed by atoms with Crippen LogP contribution in [-0.2, 0) is 7.05 Å². The number of ketones is 1. The Bertz CT molecular complexity index is 242. The van der Waals surface area contributed by atoms with Crippen LogP contribution in [0.4, 0.5) is 0 Å². The van der Waals surface area contributed by atoms with E-state index in [4.69, 9.17) is 5.73 Å². The number of Topliss-reactive ketones (excluding diaryl/α,β-unsaturated/α-hetero) is 1. The number of aromatic nitrogens is 4. The van der Waals surface area contributed by atoms with Gasteiger partial charge in [-0.2, -0.15) is 4.80 Å². The van der Waals surface area contributed by atoms with Crippen LogP contribution >= 0.6 is 0 Å². The molecule has 0 saturated heterocycles. The van der Waals surface area contributed by atoms with Crippen molar-refractivity contribution in [1.29, 1.82) is 0 Å². The molecule has 0 unspecified atom stereocenters. The highest BCUT2D eigenvalue weighted by molar-refractivity contribution is 5.93. The Morgan fingerprint density at radius 3 is 2.90 bits per heavy atom. The lowest BCUT2D eigenvalue weighted by Crippen LogP contribution is -2.15. The minimum Gasteiger partial charge on any atom is -0.324 e. The van der Waals surface area contributed by atoms with E-state index >= 15 is 0 Å². The van der Waals surface area contributed by atoms with Gasteiger partial charge >= 0.3 is 0 Å². The molecule has 0 amide bonds. The number of hydrogen-bond acceptors (Lipinski definition) is 5. The highest BCUT2D eigenvalue weighted by Gasteiger charge is 2.08. The van der Waals surface area contributed by atoms with E-state index in [1.807, 2.05) is 0 Å². The van der Waals surface area contributed by atoms with E-state index in [1.165, 1.54) is 4.80 Å². The van der Waals surface area contributed by atoms with Gasteiger partial charge in [0.25, 0.3) is 0 Å². The van der Waals surface area contributed by atoms with E-state index in [-0.39, 0.29) is 18.2 Å². The summed E-state index contributed by atoms with van der Waals surface area (Å²) in [5, 5.41) is 10.6. The average molecular weight is 141 g/mol. The molecule has 54 valence electrons. The first kappa shape index (κ1) is 6.81. The molecule has 1 aromatic rings. The number of aryl methyl sites for hydroxylation is 1. The summed E-state index contributed by atoms with van der Waals surface area (Å²) in [6.07, 6.45) is 0. The van der Waals surface area contributed by atoms with Gasteiger partial charge < -0.3 is 5.73 Å². The molecule has 0 saturated carbocycles. The Kier molecular flexibility index (Phi) is 1.72. The van der Waals surface area contributed by atoms with Gasteiger partial charge in [0.15, 0.2) is 0 Å². The number of hydrogen-bond donors (Lipinski definition) is 1. The van der Waals surface area contributed by atoms with Crippen LogP contribution in [-0.4, -0.2) is 32.5 Å². The SMILES string of the molecule is Cn1nnc(C(=O)CN)n1. The van der Waals surface area contributed by atoms with Crippen LogP contribution in [0.1, 0.15) is 10.6 Å². The summed E-state index contributed by atoms with van der Waals surface area (Å²) in [6.45, 7) is -0.0777. The van der Waals surface area contributed by atoms with Gasteiger partial charge in [0.2, 0.25) is 11.6 Å². The summed E-state index contributed by atoms with van der Waals surface area (Å²) >= 11 is 0. The summed E-state index contributed by atoms with van der Waals surface area (Å²) in [5.41, 5.74) is 5.05. The molecule has 1 heterocycles. The van der Waals surface area contributed by atoms with Gasteiger partial charge in [-0.15, -0.1) is 10.2 Å². The summed E-state index contributed by atoms with van der Waals surface area (Å²) in [7, 11) is 1.58. The molecular formula is C4H7N5O. The lowest BCUT2D eigenvalue weighted by molar-refractivity contribution is 0.0991. The molecule has 2 N–H and O–H groups in total. The highest BCUT2D eigenvalue weighted by atomic mass is 16.1. The van der Waals surface area contributed by atoms with Gasteiger partial charge in [0, 0.05) is 0 Å². The van der Waals surface area contributed by atoms with Gasteiger partial charge in [-0.1, -0.05) is 0 Å². The van der Waals surface area contributed by atoms with E-state index in [9.17, 15) is 4.79 Å². The fourth-order valence-electron chi connectivity index (χ4n) is 0.487. The van der Waals surface area contributed by atoms with Gasteiger partial charge in [0.05, 0.1) is 13.6 Å². The lowest BCUT2D eigenvalue weighted by Gasteiger charge is -1.83. The Hall–Kier alpha value is -1.30. The molecule has 10 heavy (non-hydrogen) atoms. The number of nitrogens with zero attached hydrogens (tertiary/aromatic N) is 4. The molecule has 0 spiro atoms. The predicted octanol–water partition coefficient (Wildman–Crippen LogP) is -1.65. The second kappa shape index (κ2) is 2.53. The van der Waals surface area contributed by atoms with Crippen molar-refractivity contribution in [3.8, 4) is 0 Å². The summed E-state index contributed by atoms with van der Waals surface area (Å²) in [5.74, 6) is -0.224.